The van der Waals surface area contributed by atoms with Gasteiger partial charge in [0, 0.05) is 18.8 Å². The fourth-order valence-corrected chi connectivity index (χ4v) is 1.19. The van der Waals surface area contributed by atoms with Crippen molar-refractivity contribution in [3.63, 3.8) is 0 Å². The third kappa shape index (κ3) is 4.56. The zero-order valence-corrected chi connectivity index (χ0v) is 9.06. The van der Waals surface area contributed by atoms with E-state index in [9.17, 15) is 4.79 Å². The molecule has 4 heteroatoms. The summed E-state index contributed by atoms with van der Waals surface area (Å²) in [6.45, 7) is 2.61. The van der Waals surface area contributed by atoms with Crippen LogP contribution < -0.4 is 5.32 Å². The lowest BCUT2D eigenvalue weighted by atomic mass is 10.2. The van der Waals surface area contributed by atoms with Crippen molar-refractivity contribution < 1.29 is 9.53 Å². The maximum Gasteiger partial charge on any atom is 0.307 e. The largest absolute Gasteiger partial charge is 0.469 e. The third-order valence-corrected chi connectivity index (χ3v) is 2.06. The Kier molecular flexibility index (Phi) is 4.77. The molecule has 1 atom stereocenters. The van der Waals surface area contributed by atoms with Crippen molar-refractivity contribution in [3.05, 3.63) is 30.1 Å². The minimum atomic E-state index is -0.198. The number of ether oxygens (including phenoxy) is 1. The van der Waals surface area contributed by atoms with Crippen LogP contribution in [0, 0.1) is 0 Å². The zero-order valence-electron chi connectivity index (χ0n) is 9.06. The molecule has 0 amide bonds. The monoisotopic (exact) mass is 208 g/mol. The van der Waals surface area contributed by atoms with Gasteiger partial charge < -0.3 is 10.1 Å². The fourth-order valence-electron chi connectivity index (χ4n) is 1.19. The van der Waals surface area contributed by atoms with Gasteiger partial charge in [-0.05, 0) is 19.1 Å². The van der Waals surface area contributed by atoms with Crippen LogP contribution in [0.15, 0.2) is 24.4 Å². The summed E-state index contributed by atoms with van der Waals surface area (Å²) < 4.78 is 4.58. The van der Waals surface area contributed by atoms with Crippen molar-refractivity contribution in [2.24, 2.45) is 0 Å². The van der Waals surface area contributed by atoms with Crippen LogP contribution in [0.1, 0.15) is 19.0 Å². The summed E-state index contributed by atoms with van der Waals surface area (Å²) in [6.07, 6.45) is 2.13. The standard InChI is InChI=1S/C11H16N2O2/c1-9(7-11(14)15-2)13-8-10-5-3-4-6-12-10/h3-6,9,13H,7-8H2,1-2H3/t9-/m0/s1. The second-order valence-corrected chi connectivity index (χ2v) is 3.38. The van der Waals surface area contributed by atoms with Crippen LogP contribution in [0.2, 0.25) is 0 Å². The molecule has 1 aromatic rings. The van der Waals surface area contributed by atoms with E-state index in [0.29, 0.717) is 13.0 Å². The molecule has 15 heavy (non-hydrogen) atoms. The molecule has 0 saturated carbocycles. The number of carbonyl (C=O) groups excluding carboxylic acids is 1. The lowest BCUT2D eigenvalue weighted by Crippen LogP contribution is -2.28. The van der Waals surface area contributed by atoms with E-state index >= 15 is 0 Å². The van der Waals surface area contributed by atoms with Gasteiger partial charge in [-0.25, -0.2) is 0 Å². The SMILES string of the molecule is COC(=O)C[C@H](C)NCc1ccccn1. The van der Waals surface area contributed by atoms with Gasteiger partial charge in [0.05, 0.1) is 19.2 Å². The fraction of sp³-hybridized carbons (Fsp3) is 0.455. The van der Waals surface area contributed by atoms with E-state index in [-0.39, 0.29) is 12.0 Å². The summed E-state index contributed by atoms with van der Waals surface area (Å²) in [5.74, 6) is -0.198. The minimum absolute atomic E-state index is 0.0967. The topological polar surface area (TPSA) is 51.2 Å². The predicted molar refractivity (Wildman–Crippen MR) is 57.2 cm³/mol. The summed E-state index contributed by atoms with van der Waals surface area (Å²) >= 11 is 0. The first-order chi connectivity index (χ1) is 7.22. The Morgan fingerprint density at radius 1 is 1.60 bits per heavy atom. The van der Waals surface area contributed by atoms with E-state index in [1.54, 1.807) is 6.20 Å². The Hall–Kier alpha value is -1.42. The highest BCUT2D eigenvalue weighted by Crippen LogP contribution is 1.97. The van der Waals surface area contributed by atoms with Gasteiger partial charge in [0.15, 0.2) is 0 Å². The van der Waals surface area contributed by atoms with E-state index in [1.165, 1.54) is 7.11 Å². The van der Waals surface area contributed by atoms with Crippen molar-refractivity contribution in [3.8, 4) is 0 Å². The maximum atomic E-state index is 11.0. The molecule has 0 bridgehead atoms. The average molecular weight is 208 g/mol. The average Bonchev–Trinajstić information content (AvgIpc) is 2.27. The Labute approximate surface area is 89.7 Å². The predicted octanol–water partition coefficient (Wildman–Crippen LogP) is 1.12. The second-order valence-electron chi connectivity index (χ2n) is 3.38. The van der Waals surface area contributed by atoms with Gasteiger partial charge in [0.1, 0.15) is 0 Å². The maximum absolute atomic E-state index is 11.0. The number of nitrogens with one attached hydrogen (secondary N) is 1. The van der Waals surface area contributed by atoms with E-state index in [0.717, 1.165) is 5.69 Å². The zero-order chi connectivity index (χ0) is 11.1. The molecule has 4 nitrogen and oxygen atoms in total. The number of hydrogen-bond acceptors (Lipinski definition) is 4. The minimum Gasteiger partial charge on any atom is -0.469 e. The molecule has 0 radical (unpaired) electrons. The van der Waals surface area contributed by atoms with Crippen LogP contribution in [-0.4, -0.2) is 24.1 Å². The number of hydrogen-bond donors (Lipinski definition) is 1. The summed E-state index contributed by atoms with van der Waals surface area (Å²) in [4.78, 5) is 15.1. The number of aromatic nitrogens is 1. The number of methoxy groups -OCH3 is 1. The number of rotatable bonds is 5. The second kappa shape index (κ2) is 6.14. The molecular weight excluding hydrogens is 192 g/mol. The van der Waals surface area contributed by atoms with Crippen molar-refractivity contribution in [2.45, 2.75) is 25.9 Å². The first kappa shape index (κ1) is 11.7. The van der Waals surface area contributed by atoms with Crippen molar-refractivity contribution in [2.75, 3.05) is 7.11 Å². The Morgan fingerprint density at radius 2 is 2.40 bits per heavy atom. The molecule has 1 N–H and O–H groups in total. The number of esters is 1. The summed E-state index contributed by atoms with van der Waals surface area (Å²) in [7, 11) is 1.40. The van der Waals surface area contributed by atoms with Gasteiger partial charge in [-0.1, -0.05) is 6.07 Å². The quantitative estimate of drug-likeness (QED) is 0.737. The molecule has 0 spiro atoms. The summed E-state index contributed by atoms with van der Waals surface area (Å²) in [5, 5.41) is 3.20. The molecule has 0 unspecified atom stereocenters. The number of carbonyl (C=O) groups is 1. The number of nitrogens with zero attached hydrogens (tertiary/aromatic N) is 1. The molecule has 1 rings (SSSR count). The van der Waals surface area contributed by atoms with E-state index in [1.807, 2.05) is 25.1 Å². The molecule has 1 heterocycles. The molecule has 0 aliphatic rings. The highest BCUT2D eigenvalue weighted by Gasteiger charge is 2.08. The first-order valence-electron chi connectivity index (χ1n) is 4.92. The van der Waals surface area contributed by atoms with Gasteiger partial charge in [-0.15, -0.1) is 0 Å². The van der Waals surface area contributed by atoms with Crippen molar-refractivity contribution >= 4 is 5.97 Å². The molecule has 0 fully saturated rings. The molecule has 0 aromatic carbocycles. The number of pyridine rings is 1. The Bertz CT molecular complexity index is 301. The van der Waals surface area contributed by atoms with Crippen LogP contribution >= 0.6 is 0 Å². The van der Waals surface area contributed by atoms with Crippen LogP contribution in [0.25, 0.3) is 0 Å². The molecule has 82 valence electrons. The molecule has 0 saturated heterocycles. The Morgan fingerprint density at radius 3 is 3.00 bits per heavy atom. The van der Waals surface area contributed by atoms with Gasteiger partial charge in [-0.3, -0.25) is 9.78 Å². The smallest absolute Gasteiger partial charge is 0.307 e. The van der Waals surface area contributed by atoms with Crippen molar-refractivity contribution in [1.29, 1.82) is 0 Å². The van der Waals surface area contributed by atoms with Gasteiger partial charge in [0.2, 0.25) is 0 Å². The molecule has 1 aromatic heterocycles. The molecule has 0 aliphatic carbocycles. The summed E-state index contributed by atoms with van der Waals surface area (Å²) in [5.41, 5.74) is 0.967. The van der Waals surface area contributed by atoms with Crippen LogP contribution in [0.5, 0.6) is 0 Å². The normalized spacial score (nSPS) is 12.1. The lowest BCUT2D eigenvalue weighted by Gasteiger charge is -2.11. The lowest BCUT2D eigenvalue weighted by molar-refractivity contribution is -0.141. The van der Waals surface area contributed by atoms with E-state index in [4.69, 9.17) is 0 Å². The van der Waals surface area contributed by atoms with Gasteiger partial charge >= 0.3 is 5.97 Å². The highest BCUT2D eigenvalue weighted by atomic mass is 16.5. The third-order valence-electron chi connectivity index (χ3n) is 2.06. The highest BCUT2D eigenvalue weighted by molar-refractivity contribution is 5.69. The van der Waals surface area contributed by atoms with Gasteiger partial charge in [0.25, 0.3) is 0 Å². The summed E-state index contributed by atoms with van der Waals surface area (Å²) in [6, 6.07) is 5.85. The van der Waals surface area contributed by atoms with E-state index < -0.39 is 0 Å². The van der Waals surface area contributed by atoms with Crippen molar-refractivity contribution in [1.82, 2.24) is 10.3 Å². The van der Waals surface area contributed by atoms with Crippen LogP contribution in [0.3, 0.4) is 0 Å². The Balaban J connectivity index is 2.28. The van der Waals surface area contributed by atoms with Gasteiger partial charge in [-0.2, -0.15) is 0 Å². The van der Waals surface area contributed by atoms with Crippen LogP contribution in [-0.2, 0) is 16.1 Å². The first-order valence-corrected chi connectivity index (χ1v) is 4.92. The molecular formula is C11H16N2O2. The molecule has 0 aliphatic heterocycles. The van der Waals surface area contributed by atoms with Crippen LogP contribution in [0.4, 0.5) is 0 Å². The van der Waals surface area contributed by atoms with E-state index in [2.05, 4.69) is 15.0 Å².